The van der Waals surface area contributed by atoms with Crippen molar-refractivity contribution in [3.8, 4) is 0 Å². The van der Waals surface area contributed by atoms with E-state index in [1.807, 2.05) is 24.4 Å². The Bertz CT molecular complexity index is 686. The first-order chi connectivity index (χ1) is 12.1. The highest BCUT2D eigenvalue weighted by molar-refractivity contribution is 14.0. The van der Waals surface area contributed by atoms with E-state index in [-0.39, 0.29) is 24.0 Å². The molecule has 0 atom stereocenters. The molecule has 0 aliphatic heterocycles. The summed E-state index contributed by atoms with van der Waals surface area (Å²) < 4.78 is 0. The Kier molecular flexibility index (Phi) is 10.0. The van der Waals surface area contributed by atoms with Crippen molar-refractivity contribution >= 4 is 35.6 Å². The molecule has 0 bridgehead atoms. The van der Waals surface area contributed by atoms with Gasteiger partial charge in [-0.2, -0.15) is 0 Å². The smallest absolute Gasteiger partial charge is 0.191 e. The van der Waals surface area contributed by atoms with E-state index < -0.39 is 0 Å². The van der Waals surface area contributed by atoms with Crippen molar-refractivity contribution in [3.05, 3.63) is 59.4 Å². The predicted molar refractivity (Wildman–Crippen MR) is 122 cm³/mol. The summed E-state index contributed by atoms with van der Waals surface area (Å²) in [6.45, 7) is 6.53. The van der Waals surface area contributed by atoms with Gasteiger partial charge in [0.05, 0.1) is 6.54 Å². The lowest BCUT2D eigenvalue weighted by Crippen LogP contribution is -2.38. The molecule has 1 aromatic carbocycles. The van der Waals surface area contributed by atoms with Gasteiger partial charge in [-0.25, -0.2) is 4.99 Å². The zero-order chi connectivity index (χ0) is 18.1. The van der Waals surface area contributed by atoms with Gasteiger partial charge in [0.2, 0.25) is 0 Å². The topological polar surface area (TPSA) is 52.6 Å². The number of aliphatic imine (C=N–C) groups is 1. The van der Waals surface area contributed by atoms with Crippen LogP contribution in [0.5, 0.6) is 0 Å². The van der Waals surface area contributed by atoms with Crippen molar-refractivity contribution in [2.75, 3.05) is 32.1 Å². The van der Waals surface area contributed by atoms with Crippen molar-refractivity contribution in [2.45, 2.75) is 26.8 Å². The van der Waals surface area contributed by atoms with Gasteiger partial charge in [0.1, 0.15) is 0 Å². The van der Waals surface area contributed by atoms with Crippen molar-refractivity contribution in [1.29, 1.82) is 0 Å². The van der Waals surface area contributed by atoms with Gasteiger partial charge in [0, 0.05) is 51.2 Å². The molecule has 142 valence electrons. The number of hydrogen-bond donors (Lipinski definition) is 2. The highest BCUT2D eigenvalue weighted by Gasteiger charge is 2.03. The average molecular weight is 467 g/mol. The Morgan fingerprint density at radius 2 is 1.96 bits per heavy atom. The van der Waals surface area contributed by atoms with Gasteiger partial charge in [-0.05, 0) is 49.2 Å². The summed E-state index contributed by atoms with van der Waals surface area (Å²) in [5, 5.41) is 6.68. The standard InChI is InChI=1S/C20H29N5.HI/c1-5-21-20(23-13-11-18-8-6-7-12-22-18)24-15-17-9-10-19(25(3)4)14-16(17)2;/h6-10,12,14H,5,11,13,15H2,1-4H3,(H2,21,23,24);1H. The maximum atomic E-state index is 4.71. The number of nitrogens with zero attached hydrogens (tertiary/aromatic N) is 3. The molecule has 1 heterocycles. The number of nitrogens with one attached hydrogen (secondary N) is 2. The van der Waals surface area contributed by atoms with Crippen LogP contribution in [0, 0.1) is 6.92 Å². The molecule has 0 spiro atoms. The average Bonchev–Trinajstić information content (AvgIpc) is 2.61. The zero-order valence-corrected chi connectivity index (χ0v) is 18.5. The van der Waals surface area contributed by atoms with E-state index in [4.69, 9.17) is 4.99 Å². The Labute approximate surface area is 174 Å². The second kappa shape index (κ2) is 11.7. The van der Waals surface area contributed by atoms with Crippen LogP contribution in [0.25, 0.3) is 0 Å². The minimum atomic E-state index is 0. The summed E-state index contributed by atoms with van der Waals surface area (Å²) in [6.07, 6.45) is 2.70. The maximum Gasteiger partial charge on any atom is 0.191 e. The van der Waals surface area contributed by atoms with Crippen LogP contribution >= 0.6 is 24.0 Å². The van der Waals surface area contributed by atoms with Crippen LogP contribution in [-0.2, 0) is 13.0 Å². The molecule has 5 nitrogen and oxygen atoms in total. The molecular weight excluding hydrogens is 437 g/mol. The van der Waals surface area contributed by atoms with Crippen LogP contribution in [0.15, 0.2) is 47.6 Å². The Morgan fingerprint density at radius 1 is 1.15 bits per heavy atom. The molecule has 0 amide bonds. The van der Waals surface area contributed by atoms with E-state index >= 15 is 0 Å². The molecule has 6 heteroatoms. The fourth-order valence-electron chi connectivity index (χ4n) is 2.50. The van der Waals surface area contributed by atoms with E-state index in [9.17, 15) is 0 Å². The minimum absolute atomic E-state index is 0. The number of guanidine groups is 1. The monoisotopic (exact) mass is 467 g/mol. The van der Waals surface area contributed by atoms with Crippen LogP contribution in [0.1, 0.15) is 23.7 Å². The third kappa shape index (κ3) is 7.19. The molecule has 0 fully saturated rings. The number of halogens is 1. The second-order valence-corrected chi connectivity index (χ2v) is 6.20. The van der Waals surface area contributed by atoms with E-state index in [0.29, 0.717) is 6.54 Å². The molecule has 2 rings (SSSR count). The van der Waals surface area contributed by atoms with Crippen molar-refractivity contribution in [1.82, 2.24) is 15.6 Å². The van der Waals surface area contributed by atoms with Crippen LogP contribution in [0.3, 0.4) is 0 Å². The number of aryl methyl sites for hydroxylation is 1. The number of benzene rings is 1. The van der Waals surface area contributed by atoms with Gasteiger partial charge >= 0.3 is 0 Å². The molecular formula is C20H30IN5. The van der Waals surface area contributed by atoms with Crippen LogP contribution in [0.2, 0.25) is 0 Å². The summed E-state index contributed by atoms with van der Waals surface area (Å²) in [5.74, 6) is 0.842. The molecule has 0 unspecified atom stereocenters. The number of anilines is 1. The molecule has 0 aliphatic rings. The minimum Gasteiger partial charge on any atom is -0.378 e. The normalized spacial score (nSPS) is 10.8. The quantitative estimate of drug-likeness (QED) is 0.373. The first kappa shape index (κ1) is 22.2. The summed E-state index contributed by atoms with van der Waals surface area (Å²) in [6, 6.07) is 12.5. The summed E-state index contributed by atoms with van der Waals surface area (Å²) in [7, 11) is 4.11. The fourth-order valence-corrected chi connectivity index (χ4v) is 2.50. The number of rotatable bonds is 7. The largest absolute Gasteiger partial charge is 0.378 e. The molecule has 1 aromatic heterocycles. The second-order valence-electron chi connectivity index (χ2n) is 6.20. The van der Waals surface area contributed by atoms with Crippen LogP contribution in [-0.4, -0.2) is 38.1 Å². The SMILES string of the molecule is CCNC(=NCc1ccc(N(C)C)cc1C)NCCc1ccccn1.I. The summed E-state index contributed by atoms with van der Waals surface area (Å²) in [5.41, 5.74) is 4.80. The van der Waals surface area contributed by atoms with E-state index in [2.05, 4.69) is 66.7 Å². The number of pyridine rings is 1. The Balaban J connectivity index is 0.00000338. The molecule has 0 saturated heterocycles. The molecule has 2 N–H and O–H groups in total. The van der Waals surface area contributed by atoms with Gasteiger partial charge < -0.3 is 15.5 Å². The molecule has 0 aliphatic carbocycles. The van der Waals surface area contributed by atoms with Gasteiger partial charge in [-0.15, -0.1) is 24.0 Å². The maximum absolute atomic E-state index is 4.71. The zero-order valence-electron chi connectivity index (χ0n) is 16.1. The van der Waals surface area contributed by atoms with Crippen LogP contribution < -0.4 is 15.5 Å². The van der Waals surface area contributed by atoms with Gasteiger partial charge in [-0.3, -0.25) is 4.98 Å². The van der Waals surface area contributed by atoms with Gasteiger partial charge in [0.25, 0.3) is 0 Å². The van der Waals surface area contributed by atoms with E-state index in [1.165, 1.54) is 16.8 Å². The van der Waals surface area contributed by atoms with E-state index in [0.717, 1.165) is 31.2 Å². The van der Waals surface area contributed by atoms with Crippen LogP contribution in [0.4, 0.5) is 5.69 Å². The fraction of sp³-hybridized carbons (Fsp3) is 0.400. The third-order valence-electron chi connectivity index (χ3n) is 3.99. The third-order valence-corrected chi connectivity index (χ3v) is 3.99. The Morgan fingerprint density at radius 3 is 2.58 bits per heavy atom. The lowest BCUT2D eigenvalue weighted by Gasteiger charge is -2.15. The molecule has 0 saturated carbocycles. The molecule has 0 radical (unpaired) electrons. The molecule has 2 aromatic rings. The Hall–Kier alpha value is -1.83. The molecule has 26 heavy (non-hydrogen) atoms. The lowest BCUT2D eigenvalue weighted by molar-refractivity contribution is 0.788. The highest BCUT2D eigenvalue weighted by atomic mass is 127. The highest BCUT2D eigenvalue weighted by Crippen LogP contribution is 2.17. The first-order valence-electron chi connectivity index (χ1n) is 8.79. The number of hydrogen-bond acceptors (Lipinski definition) is 3. The van der Waals surface area contributed by atoms with E-state index in [1.54, 1.807) is 0 Å². The van der Waals surface area contributed by atoms with Crippen molar-refractivity contribution < 1.29 is 0 Å². The predicted octanol–water partition coefficient (Wildman–Crippen LogP) is 3.37. The summed E-state index contributed by atoms with van der Waals surface area (Å²) >= 11 is 0. The van der Waals surface area contributed by atoms with Gasteiger partial charge in [-0.1, -0.05) is 12.1 Å². The number of aromatic nitrogens is 1. The lowest BCUT2D eigenvalue weighted by atomic mass is 10.1. The van der Waals surface area contributed by atoms with Crippen molar-refractivity contribution in [3.63, 3.8) is 0 Å². The summed E-state index contributed by atoms with van der Waals surface area (Å²) in [4.78, 5) is 11.2. The first-order valence-corrected chi connectivity index (χ1v) is 8.79. The van der Waals surface area contributed by atoms with Crippen molar-refractivity contribution in [2.24, 2.45) is 4.99 Å². The van der Waals surface area contributed by atoms with Gasteiger partial charge in [0.15, 0.2) is 5.96 Å².